The molecule has 0 fully saturated rings. The van der Waals surface area contributed by atoms with E-state index in [1.165, 1.54) is 24.5 Å². The number of rotatable bonds is 5. The van der Waals surface area contributed by atoms with Gasteiger partial charge in [-0.25, -0.2) is 14.4 Å². The third kappa shape index (κ3) is 4.38. The number of nitrogens with one attached hydrogen (secondary N) is 2. The first-order valence-corrected chi connectivity index (χ1v) is 7.82. The first kappa shape index (κ1) is 16.6. The Morgan fingerprint density at radius 3 is 2.60 bits per heavy atom. The summed E-state index contributed by atoms with van der Waals surface area (Å²) in [5.41, 5.74) is 1.78. The molecule has 1 amide bonds. The zero-order valence-electron chi connectivity index (χ0n) is 13.6. The summed E-state index contributed by atoms with van der Waals surface area (Å²) in [7, 11) is 0. The van der Waals surface area contributed by atoms with Crippen molar-refractivity contribution >= 4 is 17.4 Å². The molecule has 1 atom stereocenters. The minimum absolute atomic E-state index is 0.150. The molecule has 0 spiro atoms. The van der Waals surface area contributed by atoms with Crippen LogP contribution >= 0.6 is 0 Å². The largest absolute Gasteiger partial charge is 0.344 e. The van der Waals surface area contributed by atoms with Crippen molar-refractivity contribution in [3.8, 4) is 0 Å². The topological polar surface area (TPSA) is 66.9 Å². The number of aromatic nitrogens is 2. The Bertz CT molecular complexity index is 870. The van der Waals surface area contributed by atoms with E-state index in [0.717, 1.165) is 5.56 Å². The number of hydrogen-bond acceptors (Lipinski definition) is 4. The Morgan fingerprint density at radius 1 is 1.04 bits per heavy atom. The van der Waals surface area contributed by atoms with E-state index >= 15 is 0 Å². The summed E-state index contributed by atoms with van der Waals surface area (Å²) in [6.45, 7) is 1.90. The van der Waals surface area contributed by atoms with Crippen molar-refractivity contribution in [1.29, 1.82) is 0 Å². The van der Waals surface area contributed by atoms with Crippen LogP contribution in [-0.2, 0) is 0 Å². The summed E-state index contributed by atoms with van der Waals surface area (Å²) in [6.07, 6.45) is 1.30. The van der Waals surface area contributed by atoms with Crippen LogP contribution in [-0.4, -0.2) is 15.9 Å². The highest BCUT2D eigenvalue weighted by molar-refractivity contribution is 5.93. The van der Waals surface area contributed by atoms with Gasteiger partial charge in [0.25, 0.3) is 5.91 Å². The number of carbonyl (C=O) groups excluding carboxylic acids is 1. The van der Waals surface area contributed by atoms with E-state index in [0.29, 0.717) is 11.5 Å². The Morgan fingerprint density at radius 2 is 1.84 bits per heavy atom. The molecular formula is C19H17FN4O. The Kier molecular flexibility index (Phi) is 4.99. The lowest BCUT2D eigenvalue weighted by molar-refractivity contribution is 0.0934. The third-order valence-corrected chi connectivity index (χ3v) is 3.64. The maximum absolute atomic E-state index is 13.2. The average molecular weight is 336 g/mol. The van der Waals surface area contributed by atoms with Gasteiger partial charge >= 0.3 is 0 Å². The molecule has 126 valence electrons. The molecule has 0 saturated carbocycles. The van der Waals surface area contributed by atoms with Crippen molar-refractivity contribution in [1.82, 2.24) is 15.3 Å². The minimum atomic E-state index is -0.353. The third-order valence-electron chi connectivity index (χ3n) is 3.64. The molecule has 0 aliphatic rings. The van der Waals surface area contributed by atoms with Gasteiger partial charge in [-0.3, -0.25) is 4.79 Å². The lowest BCUT2D eigenvalue weighted by Gasteiger charge is -2.14. The molecule has 2 N–H and O–H groups in total. The summed E-state index contributed by atoms with van der Waals surface area (Å²) in [5, 5.41) is 5.85. The minimum Gasteiger partial charge on any atom is -0.344 e. The van der Waals surface area contributed by atoms with Crippen LogP contribution < -0.4 is 10.6 Å². The normalized spacial score (nSPS) is 11.6. The van der Waals surface area contributed by atoms with Gasteiger partial charge in [-0.1, -0.05) is 36.4 Å². The summed E-state index contributed by atoms with van der Waals surface area (Å²) in [4.78, 5) is 20.5. The van der Waals surface area contributed by atoms with E-state index in [-0.39, 0.29) is 23.5 Å². The first-order chi connectivity index (χ1) is 12.1. The van der Waals surface area contributed by atoms with E-state index in [2.05, 4.69) is 20.6 Å². The van der Waals surface area contributed by atoms with Gasteiger partial charge in [0.2, 0.25) is 0 Å². The lowest BCUT2D eigenvalue weighted by Crippen LogP contribution is -2.27. The summed E-state index contributed by atoms with van der Waals surface area (Å²) < 4.78 is 13.2. The van der Waals surface area contributed by atoms with Crippen molar-refractivity contribution in [2.24, 2.45) is 0 Å². The van der Waals surface area contributed by atoms with Gasteiger partial charge in [0.05, 0.1) is 6.04 Å². The molecule has 25 heavy (non-hydrogen) atoms. The SMILES string of the molecule is CC(NC(=O)c1cc(Nc2cccc(F)c2)ncn1)c1ccccc1. The monoisotopic (exact) mass is 336 g/mol. The van der Waals surface area contributed by atoms with Gasteiger partial charge in [-0.2, -0.15) is 0 Å². The van der Waals surface area contributed by atoms with Crippen LogP contribution in [0.4, 0.5) is 15.9 Å². The van der Waals surface area contributed by atoms with Crippen molar-refractivity contribution in [2.45, 2.75) is 13.0 Å². The number of benzene rings is 2. The predicted octanol–water partition coefficient (Wildman–Crippen LogP) is 3.85. The molecule has 1 unspecified atom stereocenters. The van der Waals surface area contributed by atoms with Gasteiger partial charge in [0.1, 0.15) is 23.7 Å². The second-order valence-electron chi connectivity index (χ2n) is 5.53. The molecule has 2 aromatic carbocycles. The number of carbonyl (C=O) groups is 1. The summed E-state index contributed by atoms with van der Waals surface area (Å²) in [6, 6.07) is 17.0. The standard InChI is InChI=1S/C19H17FN4O/c1-13(14-6-3-2-4-7-14)23-19(25)17-11-18(22-12-21-17)24-16-9-5-8-15(20)10-16/h2-13H,1H3,(H,23,25)(H,21,22,24). The van der Waals surface area contributed by atoms with Crippen LogP contribution in [0.15, 0.2) is 67.0 Å². The quantitative estimate of drug-likeness (QED) is 0.743. The van der Waals surface area contributed by atoms with Crippen LogP contribution in [0.5, 0.6) is 0 Å². The van der Waals surface area contributed by atoms with Crippen LogP contribution in [0, 0.1) is 5.82 Å². The molecule has 1 aromatic heterocycles. The second kappa shape index (κ2) is 7.53. The molecule has 0 aliphatic heterocycles. The number of hydrogen-bond donors (Lipinski definition) is 2. The fraction of sp³-hybridized carbons (Fsp3) is 0.105. The highest BCUT2D eigenvalue weighted by Crippen LogP contribution is 2.16. The highest BCUT2D eigenvalue weighted by atomic mass is 19.1. The zero-order chi connectivity index (χ0) is 17.6. The highest BCUT2D eigenvalue weighted by Gasteiger charge is 2.13. The number of amides is 1. The molecule has 0 radical (unpaired) electrons. The first-order valence-electron chi connectivity index (χ1n) is 7.82. The summed E-state index contributed by atoms with van der Waals surface area (Å²) >= 11 is 0. The van der Waals surface area contributed by atoms with Gasteiger partial charge < -0.3 is 10.6 Å². The van der Waals surface area contributed by atoms with Crippen LogP contribution in [0.1, 0.15) is 29.0 Å². The predicted molar refractivity (Wildman–Crippen MR) is 94.0 cm³/mol. The summed E-state index contributed by atoms with van der Waals surface area (Å²) in [5.74, 6) is -0.243. The maximum atomic E-state index is 13.2. The fourth-order valence-electron chi connectivity index (χ4n) is 2.36. The molecule has 0 aliphatic carbocycles. The maximum Gasteiger partial charge on any atom is 0.270 e. The van der Waals surface area contributed by atoms with Gasteiger partial charge in [0, 0.05) is 11.8 Å². The fourth-order valence-corrected chi connectivity index (χ4v) is 2.36. The van der Waals surface area contributed by atoms with Gasteiger partial charge in [-0.15, -0.1) is 0 Å². The van der Waals surface area contributed by atoms with Crippen molar-refractivity contribution in [2.75, 3.05) is 5.32 Å². The number of halogens is 1. The van der Waals surface area contributed by atoms with E-state index in [1.54, 1.807) is 12.1 Å². The molecule has 5 nitrogen and oxygen atoms in total. The van der Waals surface area contributed by atoms with Crippen LogP contribution in [0.3, 0.4) is 0 Å². The van der Waals surface area contributed by atoms with E-state index in [1.807, 2.05) is 37.3 Å². The molecule has 0 saturated heterocycles. The van der Waals surface area contributed by atoms with Crippen LogP contribution in [0.25, 0.3) is 0 Å². The Balaban J connectivity index is 1.71. The average Bonchev–Trinajstić information content (AvgIpc) is 2.62. The molecule has 3 rings (SSSR count). The molecule has 1 heterocycles. The van der Waals surface area contributed by atoms with Gasteiger partial charge in [0.15, 0.2) is 0 Å². The molecular weight excluding hydrogens is 319 g/mol. The van der Waals surface area contributed by atoms with E-state index in [4.69, 9.17) is 0 Å². The van der Waals surface area contributed by atoms with E-state index < -0.39 is 0 Å². The van der Waals surface area contributed by atoms with E-state index in [9.17, 15) is 9.18 Å². The number of anilines is 2. The van der Waals surface area contributed by atoms with Gasteiger partial charge in [-0.05, 0) is 30.7 Å². The second-order valence-corrected chi connectivity index (χ2v) is 5.53. The van der Waals surface area contributed by atoms with Crippen LogP contribution in [0.2, 0.25) is 0 Å². The van der Waals surface area contributed by atoms with Crippen molar-refractivity contribution in [3.05, 3.63) is 84.1 Å². The van der Waals surface area contributed by atoms with Crippen molar-refractivity contribution in [3.63, 3.8) is 0 Å². The molecule has 0 bridgehead atoms. The van der Waals surface area contributed by atoms with Crippen molar-refractivity contribution < 1.29 is 9.18 Å². The smallest absolute Gasteiger partial charge is 0.270 e. The zero-order valence-corrected chi connectivity index (χ0v) is 13.6. The molecule has 3 aromatic rings. The Labute approximate surface area is 145 Å². The molecule has 6 heteroatoms. The number of nitrogens with zero attached hydrogens (tertiary/aromatic N) is 2. The Hall–Kier alpha value is -3.28. The lowest BCUT2D eigenvalue weighted by atomic mass is 10.1.